The van der Waals surface area contributed by atoms with Gasteiger partial charge in [0.15, 0.2) is 0 Å². The Balaban J connectivity index is 0. The number of para-hydroxylation sites is 1. The monoisotopic (exact) mass is 284 g/mol. The van der Waals surface area contributed by atoms with Crippen molar-refractivity contribution in [2.75, 3.05) is 14.2 Å². The summed E-state index contributed by atoms with van der Waals surface area (Å²) in [4.78, 5) is 0. The number of methoxy groups -OCH3 is 2. The molecule has 118 valence electrons. The fourth-order valence-corrected chi connectivity index (χ4v) is 1.54. The Morgan fingerprint density at radius 1 is 0.900 bits per heavy atom. The molecule has 0 aliphatic rings. The molecule has 20 heavy (non-hydrogen) atoms. The van der Waals surface area contributed by atoms with Crippen LogP contribution in [-0.4, -0.2) is 20.3 Å². The average Bonchev–Trinajstić information content (AvgIpc) is 2.49. The van der Waals surface area contributed by atoms with Gasteiger partial charge in [-0.15, -0.1) is 0 Å². The zero-order valence-electron chi connectivity index (χ0n) is 14.4. The van der Waals surface area contributed by atoms with Crippen LogP contribution in [0.5, 0.6) is 5.75 Å². The van der Waals surface area contributed by atoms with E-state index in [1.807, 2.05) is 59.7 Å². The third-order valence-electron chi connectivity index (χ3n) is 2.25. The SMILES string of the molecule is CC.CC.COCc1cccc(COC(C)C)c1OC. The van der Waals surface area contributed by atoms with E-state index >= 15 is 0 Å². The van der Waals surface area contributed by atoms with Crippen molar-refractivity contribution in [1.29, 1.82) is 0 Å². The summed E-state index contributed by atoms with van der Waals surface area (Å²) in [6.07, 6.45) is 0.218. The van der Waals surface area contributed by atoms with E-state index in [1.54, 1.807) is 14.2 Å². The minimum absolute atomic E-state index is 0.218. The molecule has 0 unspecified atom stereocenters. The molecule has 1 rings (SSSR count). The summed E-state index contributed by atoms with van der Waals surface area (Å²) in [6.45, 7) is 13.2. The zero-order chi connectivity index (χ0) is 16.0. The highest BCUT2D eigenvalue weighted by molar-refractivity contribution is 5.40. The highest BCUT2D eigenvalue weighted by Crippen LogP contribution is 2.25. The molecular formula is C17H32O3. The van der Waals surface area contributed by atoms with Gasteiger partial charge in [-0.05, 0) is 13.8 Å². The van der Waals surface area contributed by atoms with Gasteiger partial charge >= 0.3 is 0 Å². The van der Waals surface area contributed by atoms with Crippen molar-refractivity contribution in [2.45, 2.75) is 60.9 Å². The largest absolute Gasteiger partial charge is 0.496 e. The normalized spacial score (nSPS) is 9.25. The van der Waals surface area contributed by atoms with Crippen LogP contribution in [0.1, 0.15) is 52.7 Å². The van der Waals surface area contributed by atoms with E-state index in [9.17, 15) is 0 Å². The second-order valence-electron chi connectivity index (χ2n) is 3.90. The molecule has 3 heteroatoms. The van der Waals surface area contributed by atoms with Gasteiger partial charge in [0.2, 0.25) is 0 Å². The second kappa shape index (κ2) is 14.4. The number of benzene rings is 1. The van der Waals surface area contributed by atoms with Crippen LogP contribution in [0, 0.1) is 0 Å². The van der Waals surface area contributed by atoms with Gasteiger partial charge in [0.05, 0.1) is 26.4 Å². The van der Waals surface area contributed by atoms with Crippen LogP contribution >= 0.6 is 0 Å². The van der Waals surface area contributed by atoms with Crippen molar-refractivity contribution in [3.63, 3.8) is 0 Å². The third kappa shape index (κ3) is 8.18. The lowest BCUT2D eigenvalue weighted by Crippen LogP contribution is -2.05. The molecule has 0 N–H and O–H groups in total. The molecule has 1 aromatic rings. The summed E-state index contributed by atoms with van der Waals surface area (Å²) in [6, 6.07) is 6.01. The number of rotatable bonds is 6. The van der Waals surface area contributed by atoms with Crippen molar-refractivity contribution in [1.82, 2.24) is 0 Å². The number of hydrogen-bond acceptors (Lipinski definition) is 3. The summed E-state index contributed by atoms with van der Waals surface area (Å²) in [7, 11) is 3.35. The van der Waals surface area contributed by atoms with E-state index in [0.29, 0.717) is 13.2 Å². The molecule has 0 fully saturated rings. The Kier molecular flexibility index (Phi) is 15.2. The Morgan fingerprint density at radius 3 is 1.80 bits per heavy atom. The first-order valence-electron chi connectivity index (χ1n) is 7.44. The predicted octanol–water partition coefficient (Wildman–Crippen LogP) is 4.82. The molecule has 0 radical (unpaired) electrons. The highest BCUT2D eigenvalue weighted by atomic mass is 16.5. The average molecular weight is 284 g/mol. The summed E-state index contributed by atoms with van der Waals surface area (Å²) in [5.41, 5.74) is 2.11. The molecule has 0 saturated heterocycles. The van der Waals surface area contributed by atoms with Crippen LogP contribution < -0.4 is 4.74 Å². The fourth-order valence-electron chi connectivity index (χ4n) is 1.54. The van der Waals surface area contributed by atoms with Gasteiger partial charge in [-0.25, -0.2) is 0 Å². The molecule has 0 amide bonds. The van der Waals surface area contributed by atoms with Gasteiger partial charge in [-0.2, -0.15) is 0 Å². The molecule has 0 saturated carbocycles. The van der Waals surface area contributed by atoms with Gasteiger partial charge in [0.1, 0.15) is 5.75 Å². The van der Waals surface area contributed by atoms with Crippen LogP contribution in [-0.2, 0) is 22.7 Å². The van der Waals surface area contributed by atoms with E-state index in [2.05, 4.69) is 0 Å². The second-order valence-corrected chi connectivity index (χ2v) is 3.90. The first-order valence-corrected chi connectivity index (χ1v) is 7.44. The van der Waals surface area contributed by atoms with Crippen molar-refractivity contribution >= 4 is 0 Å². The summed E-state index contributed by atoms with van der Waals surface area (Å²) < 4.78 is 16.1. The lowest BCUT2D eigenvalue weighted by atomic mass is 10.1. The van der Waals surface area contributed by atoms with Crippen LogP contribution in [0.25, 0.3) is 0 Å². The van der Waals surface area contributed by atoms with Crippen molar-refractivity contribution < 1.29 is 14.2 Å². The maximum absolute atomic E-state index is 5.58. The molecule has 0 atom stereocenters. The predicted molar refractivity (Wildman–Crippen MR) is 86.3 cm³/mol. The standard InChI is InChI=1S/C13H20O3.2C2H6/c1-10(2)16-9-12-7-5-6-11(8-14-3)13(12)15-4;2*1-2/h5-7,10H,8-9H2,1-4H3;2*1-2H3. The number of ether oxygens (including phenoxy) is 3. The molecule has 0 spiro atoms. The maximum Gasteiger partial charge on any atom is 0.129 e. The first kappa shape index (κ1) is 21.2. The van der Waals surface area contributed by atoms with Gasteiger partial charge in [0.25, 0.3) is 0 Å². The quantitative estimate of drug-likeness (QED) is 0.749. The van der Waals surface area contributed by atoms with Crippen molar-refractivity contribution in [3.8, 4) is 5.75 Å². The fraction of sp³-hybridized carbons (Fsp3) is 0.647. The van der Waals surface area contributed by atoms with Crippen LogP contribution in [0.2, 0.25) is 0 Å². The van der Waals surface area contributed by atoms with Crippen LogP contribution in [0.15, 0.2) is 18.2 Å². The Hall–Kier alpha value is -1.06. The zero-order valence-corrected chi connectivity index (χ0v) is 14.4. The molecule has 1 aromatic carbocycles. The number of hydrogen-bond donors (Lipinski definition) is 0. The minimum atomic E-state index is 0.218. The summed E-state index contributed by atoms with van der Waals surface area (Å²) >= 11 is 0. The van der Waals surface area contributed by atoms with E-state index in [-0.39, 0.29) is 6.10 Å². The van der Waals surface area contributed by atoms with E-state index in [1.165, 1.54) is 0 Å². The van der Waals surface area contributed by atoms with Crippen LogP contribution in [0.3, 0.4) is 0 Å². The lowest BCUT2D eigenvalue weighted by molar-refractivity contribution is 0.0642. The molecule has 3 nitrogen and oxygen atoms in total. The van der Waals surface area contributed by atoms with Gasteiger partial charge in [-0.3, -0.25) is 0 Å². The van der Waals surface area contributed by atoms with E-state index in [0.717, 1.165) is 16.9 Å². The molecular weight excluding hydrogens is 252 g/mol. The maximum atomic E-state index is 5.58. The third-order valence-corrected chi connectivity index (χ3v) is 2.25. The Bertz CT molecular complexity index is 322. The smallest absolute Gasteiger partial charge is 0.129 e. The van der Waals surface area contributed by atoms with Gasteiger partial charge < -0.3 is 14.2 Å². The van der Waals surface area contributed by atoms with Crippen LogP contribution in [0.4, 0.5) is 0 Å². The highest BCUT2D eigenvalue weighted by Gasteiger charge is 2.09. The Labute approximate surface area is 125 Å². The topological polar surface area (TPSA) is 27.7 Å². The van der Waals surface area contributed by atoms with E-state index in [4.69, 9.17) is 14.2 Å². The van der Waals surface area contributed by atoms with E-state index < -0.39 is 0 Å². The summed E-state index contributed by atoms with van der Waals surface area (Å²) in [5, 5.41) is 0. The molecule has 0 aliphatic heterocycles. The first-order chi connectivity index (χ1) is 9.69. The Morgan fingerprint density at radius 2 is 1.40 bits per heavy atom. The molecule has 0 heterocycles. The van der Waals surface area contributed by atoms with Gasteiger partial charge in [0, 0.05) is 18.2 Å². The molecule has 0 aromatic heterocycles. The molecule has 0 aliphatic carbocycles. The minimum Gasteiger partial charge on any atom is -0.496 e. The van der Waals surface area contributed by atoms with Gasteiger partial charge in [-0.1, -0.05) is 45.9 Å². The molecule has 0 bridgehead atoms. The van der Waals surface area contributed by atoms with Crippen molar-refractivity contribution in [3.05, 3.63) is 29.3 Å². The van der Waals surface area contributed by atoms with Crippen molar-refractivity contribution in [2.24, 2.45) is 0 Å². The summed E-state index contributed by atoms with van der Waals surface area (Å²) in [5.74, 6) is 0.866. The lowest BCUT2D eigenvalue weighted by Gasteiger charge is -2.14.